The van der Waals surface area contributed by atoms with Crippen LogP contribution in [0.3, 0.4) is 0 Å². The molecule has 51 heavy (non-hydrogen) atoms. The third-order valence-corrected chi connectivity index (χ3v) is 15.6. The van der Waals surface area contributed by atoms with Gasteiger partial charge in [-0.25, -0.2) is 0 Å². The molecular formula is C47H70O4. The van der Waals surface area contributed by atoms with Crippen molar-refractivity contribution in [1.82, 2.24) is 0 Å². The fourth-order valence-corrected chi connectivity index (χ4v) is 12.8. The molecule has 5 aliphatic rings. The van der Waals surface area contributed by atoms with E-state index in [0.717, 1.165) is 78.2 Å². The molecule has 4 nitrogen and oxygen atoms in total. The van der Waals surface area contributed by atoms with Crippen LogP contribution in [0.25, 0.3) is 0 Å². The van der Waals surface area contributed by atoms with Gasteiger partial charge in [-0.2, -0.15) is 0 Å². The van der Waals surface area contributed by atoms with Gasteiger partial charge in [-0.05, 0) is 134 Å². The minimum absolute atomic E-state index is 0.163. The summed E-state index contributed by atoms with van der Waals surface area (Å²) in [5, 5.41) is 11.9. The molecule has 5 saturated carbocycles. The highest BCUT2D eigenvalue weighted by Gasteiger charge is 2.60. The second kappa shape index (κ2) is 16.3. The lowest BCUT2D eigenvalue weighted by Crippen LogP contribution is -2.56. The lowest BCUT2D eigenvalue weighted by atomic mass is 9.44. The molecule has 5 fully saturated rings. The normalized spacial score (nSPS) is 40.0. The predicted octanol–water partition coefficient (Wildman–Crippen LogP) is 11.2. The quantitative estimate of drug-likeness (QED) is 0.226. The van der Waals surface area contributed by atoms with Crippen LogP contribution in [-0.2, 0) is 27.4 Å². The molecule has 0 saturated heterocycles. The van der Waals surface area contributed by atoms with Crippen molar-refractivity contribution in [2.45, 2.75) is 168 Å². The average Bonchev–Trinajstić information content (AvgIpc) is 3.49. The molecule has 0 bridgehead atoms. The summed E-state index contributed by atoms with van der Waals surface area (Å²) in [7, 11) is 0. The van der Waals surface area contributed by atoms with E-state index in [-0.39, 0.29) is 18.3 Å². The van der Waals surface area contributed by atoms with E-state index >= 15 is 0 Å². The molecule has 2 aromatic rings. The number of aliphatic hydroxyl groups excluding tert-OH is 1. The number of hydrogen-bond acceptors (Lipinski definition) is 4. The Hall–Kier alpha value is -1.72. The van der Waals surface area contributed by atoms with Crippen molar-refractivity contribution in [2.24, 2.45) is 52.3 Å². The Morgan fingerprint density at radius 2 is 1.33 bits per heavy atom. The molecule has 0 aliphatic heterocycles. The van der Waals surface area contributed by atoms with Gasteiger partial charge >= 0.3 is 0 Å². The van der Waals surface area contributed by atoms with Gasteiger partial charge in [0.2, 0.25) is 0 Å². The maximum absolute atomic E-state index is 11.9. The summed E-state index contributed by atoms with van der Waals surface area (Å²) in [6.45, 7) is 13.8. The van der Waals surface area contributed by atoms with E-state index in [1.807, 2.05) is 24.3 Å². The van der Waals surface area contributed by atoms with Crippen molar-refractivity contribution in [3.63, 3.8) is 0 Å². The van der Waals surface area contributed by atoms with Crippen LogP contribution in [0.4, 0.5) is 0 Å². The van der Waals surface area contributed by atoms with E-state index in [1.54, 1.807) is 0 Å². The van der Waals surface area contributed by atoms with Gasteiger partial charge < -0.3 is 19.3 Å². The molecule has 5 aliphatic carbocycles. The third-order valence-electron chi connectivity index (χ3n) is 15.6. The smallest absolute Gasteiger partial charge is 0.112 e. The molecule has 0 radical (unpaired) electrons. The summed E-state index contributed by atoms with van der Waals surface area (Å²) in [5.41, 5.74) is 3.26. The maximum atomic E-state index is 11.9. The van der Waals surface area contributed by atoms with Gasteiger partial charge in [-0.1, -0.05) is 115 Å². The summed E-state index contributed by atoms with van der Waals surface area (Å²) in [5.74, 6) is 6.10. The van der Waals surface area contributed by atoms with E-state index in [4.69, 9.17) is 14.2 Å². The molecular weight excluding hydrogens is 629 g/mol. The van der Waals surface area contributed by atoms with E-state index in [2.05, 4.69) is 71.0 Å². The average molecular weight is 699 g/mol. The fraction of sp³-hybridized carbons (Fsp3) is 0.745. The van der Waals surface area contributed by atoms with Crippen molar-refractivity contribution < 1.29 is 19.3 Å². The Morgan fingerprint density at radius 3 is 2.04 bits per heavy atom. The third kappa shape index (κ3) is 8.06. The van der Waals surface area contributed by atoms with E-state index < -0.39 is 12.2 Å². The number of aliphatic hydroxyl groups is 1. The molecule has 2 aromatic carbocycles. The first-order valence-electron chi connectivity index (χ1n) is 21.3. The summed E-state index contributed by atoms with van der Waals surface area (Å²) in [6, 6.07) is 20.6. The van der Waals surface area contributed by atoms with Crippen LogP contribution in [0.1, 0.15) is 136 Å². The molecule has 7 rings (SSSR count). The SMILES string of the molecule is CC(C)CCC[C@@H](C)[C@H]1CC[C@H]2[C@@H]3CC[C@H]4CC(O[C@@H]5CC[C@H](OCc6ccccc6)[C@H](OCc6ccccc6)[C@H]5O)CC[C@]4(C)[C@H]3CC[C@]12C. The minimum Gasteiger partial charge on any atom is -0.388 e. The van der Waals surface area contributed by atoms with Gasteiger partial charge in [0.25, 0.3) is 0 Å². The van der Waals surface area contributed by atoms with Crippen LogP contribution in [0.5, 0.6) is 0 Å². The zero-order valence-electron chi connectivity index (χ0n) is 32.7. The van der Waals surface area contributed by atoms with Gasteiger partial charge in [0, 0.05) is 0 Å². The Kier molecular flexibility index (Phi) is 12.0. The van der Waals surface area contributed by atoms with Gasteiger partial charge in [-0.15, -0.1) is 0 Å². The van der Waals surface area contributed by atoms with Crippen LogP contribution in [0.2, 0.25) is 0 Å². The Morgan fingerprint density at radius 1 is 0.686 bits per heavy atom. The number of benzene rings is 2. The maximum Gasteiger partial charge on any atom is 0.112 e. The van der Waals surface area contributed by atoms with Gasteiger partial charge in [0.05, 0.1) is 31.5 Å². The monoisotopic (exact) mass is 699 g/mol. The molecule has 4 heteroatoms. The second-order valence-corrected chi connectivity index (χ2v) is 18.9. The highest BCUT2D eigenvalue weighted by atomic mass is 16.6. The lowest BCUT2D eigenvalue weighted by molar-refractivity contribution is -0.212. The molecule has 282 valence electrons. The van der Waals surface area contributed by atoms with Crippen LogP contribution in [-0.4, -0.2) is 35.6 Å². The van der Waals surface area contributed by atoms with Crippen molar-refractivity contribution in [3.8, 4) is 0 Å². The number of ether oxygens (including phenoxy) is 3. The summed E-state index contributed by atoms with van der Waals surface area (Å²) < 4.78 is 19.9. The zero-order valence-corrected chi connectivity index (χ0v) is 32.7. The number of rotatable bonds is 13. The van der Waals surface area contributed by atoms with Crippen molar-refractivity contribution in [3.05, 3.63) is 71.8 Å². The van der Waals surface area contributed by atoms with Crippen molar-refractivity contribution in [1.29, 1.82) is 0 Å². The molecule has 1 unspecified atom stereocenters. The highest BCUT2D eigenvalue weighted by molar-refractivity contribution is 5.15. The Bertz CT molecular complexity index is 1360. The van der Waals surface area contributed by atoms with E-state index in [9.17, 15) is 5.11 Å². The molecule has 0 aromatic heterocycles. The molecule has 0 spiro atoms. The summed E-state index contributed by atoms with van der Waals surface area (Å²) in [4.78, 5) is 0. The van der Waals surface area contributed by atoms with E-state index in [0.29, 0.717) is 24.0 Å². The van der Waals surface area contributed by atoms with Crippen molar-refractivity contribution >= 4 is 0 Å². The zero-order chi connectivity index (χ0) is 35.6. The van der Waals surface area contributed by atoms with Crippen molar-refractivity contribution in [2.75, 3.05) is 0 Å². The lowest BCUT2D eigenvalue weighted by Gasteiger charge is -2.61. The predicted molar refractivity (Wildman–Crippen MR) is 207 cm³/mol. The number of hydrogen-bond donors (Lipinski definition) is 1. The minimum atomic E-state index is -0.702. The van der Waals surface area contributed by atoms with Crippen LogP contribution >= 0.6 is 0 Å². The summed E-state index contributed by atoms with van der Waals surface area (Å²) >= 11 is 0. The topological polar surface area (TPSA) is 47.9 Å². The van der Waals surface area contributed by atoms with Gasteiger partial charge in [0.15, 0.2) is 0 Å². The second-order valence-electron chi connectivity index (χ2n) is 18.9. The van der Waals surface area contributed by atoms with Gasteiger partial charge in [0.1, 0.15) is 12.2 Å². The van der Waals surface area contributed by atoms with Gasteiger partial charge in [-0.3, -0.25) is 0 Å². The number of fused-ring (bicyclic) bond motifs is 5. The van der Waals surface area contributed by atoms with E-state index in [1.165, 1.54) is 64.2 Å². The molecule has 0 amide bonds. The first-order chi connectivity index (χ1) is 24.7. The van der Waals surface area contributed by atoms with Crippen LogP contribution in [0.15, 0.2) is 60.7 Å². The molecule has 0 heterocycles. The van der Waals surface area contributed by atoms with Crippen LogP contribution < -0.4 is 0 Å². The fourth-order valence-electron chi connectivity index (χ4n) is 12.8. The summed E-state index contributed by atoms with van der Waals surface area (Å²) in [6.07, 6.45) is 16.8. The molecule has 1 N–H and O–H groups in total. The highest BCUT2D eigenvalue weighted by Crippen LogP contribution is 2.68. The Labute approximate surface area is 310 Å². The van der Waals surface area contributed by atoms with Crippen LogP contribution in [0, 0.1) is 52.3 Å². The Balaban J connectivity index is 0.963. The standard InChI is InChI=1S/C47H70O4/c1-32(2)13-12-14-33(3)39-21-22-40-38-20-19-36-29-37(25-27-46(36,4)41(38)26-28-47(39,40)5)51-42-23-24-43(49-30-34-15-8-6-9-16-34)45(44(42)48)50-31-35-17-10-7-11-18-35/h6-11,15-18,32-33,36-45,48H,12-14,19-31H2,1-5H3/t33-,36+,37?,38+,39-,40+,41+,42-,43+,44+,45+,46+,47-/m1/s1. The first-order valence-corrected chi connectivity index (χ1v) is 21.3. The largest absolute Gasteiger partial charge is 0.388 e. The first kappa shape index (κ1) is 37.6. The molecule has 13 atom stereocenters.